The minimum atomic E-state index is 0. The van der Waals surface area contributed by atoms with Gasteiger partial charge in [0.1, 0.15) is 5.52 Å². The standard InChI is InChI=1S/C19H23N5.ClH/c1-23-19-8-7-14(9-18(19)21-22-23)11-24-12-16(10-20)17(13-24)15-5-3-2-4-6-15;/h2-9,16-17H,10-13,20H2,1H3;1H/t16-,17+;/m1./s1. The summed E-state index contributed by atoms with van der Waals surface area (Å²) >= 11 is 0. The first-order chi connectivity index (χ1) is 11.7. The van der Waals surface area contributed by atoms with Crippen molar-refractivity contribution in [3.8, 4) is 0 Å². The zero-order chi connectivity index (χ0) is 16.5. The number of fused-ring (bicyclic) bond motifs is 1. The minimum absolute atomic E-state index is 0. The van der Waals surface area contributed by atoms with Crippen LogP contribution in [0.4, 0.5) is 0 Å². The van der Waals surface area contributed by atoms with Crippen LogP contribution in [-0.2, 0) is 13.6 Å². The van der Waals surface area contributed by atoms with E-state index >= 15 is 0 Å². The van der Waals surface area contributed by atoms with E-state index in [9.17, 15) is 0 Å². The lowest BCUT2D eigenvalue weighted by atomic mass is 9.89. The van der Waals surface area contributed by atoms with E-state index in [4.69, 9.17) is 5.73 Å². The fraction of sp³-hybridized carbons (Fsp3) is 0.368. The Hall–Kier alpha value is -1.95. The highest BCUT2D eigenvalue weighted by atomic mass is 35.5. The molecule has 0 radical (unpaired) electrons. The van der Waals surface area contributed by atoms with Crippen molar-refractivity contribution < 1.29 is 0 Å². The van der Waals surface area contributed by atoms with E-state index in [1.54, 1.807) is 0 Å². The van der Waals surface area contributed by atoms with Gasteiger partial charge in [-0.15, -0.1) is 17.5 Å². The van der Waals surface area contributed by atoms with Crippen LogP contribution >= 0.6 is 12.4 Å². The van der Waals surface area contributed by atoms with Crippen LogP contribution in [0.3, 0.4) is 0 Å². The zero-order valence-corrected chi connectivity index (χ0v) is 15.2. The van der Waals surface area contributed by atoms with Crippen molar-refractivity contribution in [1.29, 1.82) is 0 Å². The van der Waals surface area contributed by atoms with Gasteiger partial charge in [0.25, 0.3) is 0 Å². The molecule has 0 unspecified atom stereocenters. The van der Waals surface area contributed by atoms with Crippen molar-refractivity contribution in [3.05, 3.63) is 59.7 Å². The van der Waals surface area contributed by atoms with Crippen molar-refractivity contribution in [3.63, 3.8) is 0 Å². The molecule has 0 saturated carbocycles. The maximum absolute atomic E-state index is 6.05. The van der Waals surface area contributed by atoms with Crippen LogP contribution in [0.1, 0.15) is 17.0 Å². The van der Waals surface area contributed by atoms with Gasteiger partial charge in [-0.3, -0.25) is 4.90 Å². The summed E-state index contributed by atoms with van der Waals surface area (Å²) in [5.41, 5.74) is 10.8. The summed E-state index contributed by atoms with van der Waals surface area (Å²) < 4.78 is 1.81. The van der Waals surface area contributed by atoms with Gasteiger partial charge in [0.2, 0.25) is 0 Å². The highest BCUT2D eigenvalue weighted by molar-refractivity contribution is 5.85. The van der Waals surface area contributed by atoms with E-state index in [2.05, 4.69) is 63.7 Å². The molecule has 0 amide bonds. The molecule has 2 aromatic carbocycles. The first-order valence-corrected chi connectivity index (χ1v) is 8.50. The Morgan fingerprint density at radius 3 is 2.68 bits per heavy atom. The molecule has 132 valence electrons. The Morgan fingerprint density at radius 1 is 1.12 bits per heavy atom. The summed E-state index contributed by atoms with van der Waals surface area (Å²) in [4.78, 5) is 2.51. The molecular formula is C19H24ClN5. The molecule has 2 N–H and O–H groups in total. The van der Waals surface area contributed by atoms with Crippen LogP contribution in [0.25, 0.3) is 11.0 Å². The summed E-state index contributed by atoms with van der Waals surface area (Å²) in [5.74, 6) is 1.05. The van der Waals surface area contributed by atoms with E-state index in [-0.39, 0.29) is 12.4 Å². The monoisotopic (exact) mass is 357 g/mol. The first kappa shape index (κ1) is 17.9. The van der Waals surface area contributed by atoms with Crippen molar-refractivity contribution in [2.45, 2.75) is 12.5 Å². The molecular weight excluding hydrogens is 334 g/mol. The van der Waals surface area contributed by atoms with Gasteiger partial charge in [0.05, 0.1) is 5.52 Å². The van der Waals surface area contributed by atoms with Crippen molar-refractivity contribution >= 4 is 23.4 Å². The molecule has 1 saturated heterocycles. The summed E-state index contributed by atoms with van der Waals surface area (Å²) in [7, 11) is 1.92. The first-order valence-electron chi connectivity index (χ1n) is 8.50. The van der Waals surface area contributed by atoms with Crippen LogP contribution in [-0.4, -0.2) is 39.5 Å². The Labute approximate surface area is 154 Å². The number of rotatable bonds is 4. The summed E-state index contributed by atoms with van der Waals surface area (Å²) in [6.07, 6.45) is 0. The fourth-order valence-corrected chi connectivity index (χ4v) is 3.85. The third kappa shape index (κ3) is 3.54. The van der Waals surface area contributed by atoms with E-state index in [0.29, 0.717) is 11.8 Å². The zero-order valence-electron chi connectivity index (χ0n) is 14.4. The van der Waals surface area contributed by atoms with Gasteiger partial charge in [-0.05, 0) is 35.7 Å². The predicted molar refractivity (Wildman–Crippen MR) is 103 cm³/mol. The molecule has 1 aromatic heterocycles. The molecule has 25 heavy (non-hydrogen) atoms. The van der Waals surface area contributed by atoms with Crippen molar-refractivity contribution in [2.75, 3.05) is 19.6 Å². The minimum Gasteiger partial charge on any atom is -0.330 e. The van der Waals surface area contributed by atoms with Gasteiger partial charge in [-0.25, -0.2) is 4.68 Å². The maximum atomic E-state index is 6.05. The van der Waals surface area contributed by atoms with E-state index in [1.165, 1.54) is 11.1 Å². The number of hydrogen-bond acceptors (Lipinski definition) is 4. The van der Waals surface area contributed by atoms with Gasteiger partial charge in [-0.1, -0.05) is 41.6 Å². The second kappa shape index (κ2) is 7.52. The lowest BCUT2D eigenvalue weighted by molar-refractivity contribution is 0.317. The average molecular weight is 358 g/mol. The number of aromatic nitrogens is 3. The van der Waals surface area contributed by atoms with Crippen molar-refractivity contribution in [1.82, 2.24) is 19.9 Å². The molecule has 1 aliphatic rings. The van der Waals surface area contributed by atoms with E-state index in [0.717, 1.165) is 37.2 Å². The fourth-order valence-electron chi connectivity index (χ4n) is 3.85. The molecule has 6 heteroatoms. The quantitative estimate of drug-likeness (QED) is 0.779. The normalized spacial score (nSPS) is 20.7. The molecule has 2 heterocycles. The number of nitrogens with two attached hydrogens (primary N) is 1. The molecule has 1 fully saturated rings. The Morgan fingerprint density at radius 2 is 1.92 bits per heavy atom. The Balaban J connectivity index is 0.00000182. The molecule has 4 rings (SSSR count). The van der Waals surface area contributed by atoms with Crippen LogP contribution < -0.4 is 5.73 Å². The highest BCUT2D eigenvalue weighted by Crippen LogP contribution is 2.32. The number of likely N-dealkylation sites (tertiary alicyclic amines) is 1. The van der Waals surface area contributed by atoms with Gasteiger partial charge < -0.3 is 5.73 Å². The lowest BCUT2D eigenvalue weighted by Gasteiger charge is -2.17. The topological polar surface area (TPSA) is 60.0 Å². The molecule has 0 spiro atoms. The van der Waals surface area contributed by atoms with E-state index in [1.807, 2.05) is 11.7 Å². The third-order valence-corrected chi connectivity index (χ3v) is 5.13. The molecule has 5 nitrogen and oxygen atoms in total. The number of benzene rings is 2. The van der Waals surface area contributed by atoms with Gasteiger partial charge >= 0.3 is 0 Å². The van der Waals surface area contributed by atoms with Crippen LogP contribution in [0.15, 0.2) is 48.5 Å². The van der Waals surface area contributed by atoms with Gasteiger partial charge in [0.15, 0.2) is 0 Å². The average Bonchev–Trinajstić information content (AvgIpc) is 3.19. The summed E-state index contributed by atoms with van der Waals surface area (Å²) in [6.45, 7) is 3.78. The third-order valence-electron chi connectivity index (χ3n) is 5.13. The molecule has 0 bridgehead atoms. The maximum Gasteiger partial charge on any atom is 0.113 e. The van der Waals surface area contributed by atoms with Crippen molar-refractivity contribution in [2.24, 2.45) is 18.7 Å². The SMILES string of the molecule is Cl.Cn1nnc2cc(CN3C[C@@H](CN)[C@H](c4ccccc4)C3)ccc21. The summed E-state index contributed by atoms with van der Waals surface area (Å²) in [5, 5.41) is 8.30. The second-order valence-corrected chi connectivity index (χ2v) is 6.74. The van der Waals surface area contributed by atoms with Gasteiger partial charge in [-0.2, -0.15) is 0 Å². The molecule has 1 aliphatic heterocycles. The molecule has 0 aliphatic carbocycles. The largest absolute Gasteiger partial charge is 0.330 e. The molecule has 3 aromatic rings. The highest BCUT2D eigenvalue weighted by Gasteiger charge is 2.32. The Kier molecular flexibility index (Phi) is 5.37. The second-order valence-electron chi connectivity index (χ2n) is 6.74. The van der Waals surface area contributed by atoms with E-state index < -0.39 is 0 Å². The van der Waals surface area contributed by atoms with Crippen LogP contribution in [0.2, 0.25) is 0 Å². The summed E-state index contributed by atoms with van der Waals surface area (Å²) in [6, 6.07) is 17.2. The molecule has 2 atom stereocenters. The smallest absolute Gasteiger partial charge is 0.113 e. The van der Waals surface area contributed by atoms with Gasteiger partial charge in [0, 0.05) is 32.6 Å². The number of hydrogen-bond donors (Lipinski definition) is 1. The number of halogens is 1. The number of aryl methyl sites for hydroxylation is 1. The predicted octanol–water partition coefficient (Wildman–Crippen LogP) is 2.56. The number of nitrogens with zero attached hydrogens (tertiary/aromatic N) is 4. The Bertz CT molecular complexity index is 832. The lowest BCUT2D eigenvalue weighted by Crippen LogP contribution is -2.23. The van der Waals surface area contributed by atoms with Crippen LogP contribution in [0, 0.1) is 5.92 Å². The van der Waals surface area contributed by atoms with Crippen LogP contribution in [0.5, 0.6) is 0 Å².